The number of fused-ring (bicyclic) bond motifs is 1. The maximum Gasteiger partial charge on any atom is 0.265 e. The quantitative estimate of drug-likeness (QED) is 0.724. The summed E-state index contributed by atoms with van der Waals surface area (Å²) < 4.78 is 6.78. The Balaban J connectivity index is 2.16. The van der Waals surface area contributed by atoms with E-state index in [9.17, 15) is 9.59 Å². The van der Waals surface area contributed by atoms with Gasteiger partial charge >= 0.3 is 0 Å². The van der Waals surface area contributed by atoms with Crippen molar-refractivity contribution in [2.24, 2.45) is 7.05 Å². The molecule has 3 aromatic rings. The van der Waals surface area contributed by atoms with Crippen molar-refractivity contribution in [3.8, 4) is 0 Å². The molecule has 0 aliphatic rings. The standard InChI is InChI=1S/C16H14ClN3O3/c1-9-12(13-14(23-9)18-8-19(2)15(13)21)16(22)20(3)11-6-4-5-10(17)7-11/h4-8H,1-3H3. The number of carbonyl (C=O) groups is 1. The summed E-state index contributed by atoms with van der Waals surface area (Å²) in [6.45, 7) is 1.64. The van der Waals surface area contributed by atoms with Crippen LogP contribution in [0.4, 0.5) is 5.69 Å². The number of aryl methyl sites for hydroxylation is 2. The Labute approximate surface area is 136 Å². The second kappa shape index (κ2) is 5.55. The minimum Gasteiger partial charge on any atom is -0.442 e. The molecule has 2 aromatic heterocycles. The van der Waals surface area contributed by atoms with Crippen LogP contribution in [-0.2, 0) is 7.05 Å². The molecule has 0 aliphatic heterocycles. The molecule has 1 amide bonds. The maximum atomic E-state index is 12.9. The van der Waals surface area contributed by atoms with Crippen molar-refractivity contribution in [2.75, 3.05) is 11.9 Å². The smallest absolute Gasteiger partial charge is 0.265 e. The summed E-state index contributed by atoms with van der Waals surface area (Å²) in [7, 11) is 3.19. The van der Waals surface area contributed by atoms with Gasteiger partial charge in [-0.15, -0.1) is 0 Å². The molecule has 0 bridgehead atoms. The van der Waals surface area contributed by atoms with E-state index >= 15 is 0 Å². The number of anilines is 1. The SMILES string of the molecule is Cc1oc2ncn(C)c(=O)c2c1C(=O)N(C)c1cccc(Cl)c1. The molecule has 0 saturated carbocycles. The third-order valence-corrected chi connectivity index (χ3v) is 3.90. The summed E-state index contributed by atoms with van der Waals surface area (Å²) in [5.74, 6) is 0.00305. The molecule has 0 radical (unpaired) electrons. The lowest BCUT2D eigenvalue weighted by atomic mass is 10.1. The molecule has 118 valence electrons. The van der Waals surface area contributed by atoms with E-state index in [0.29, 0.717) is 16.5 Å². The van der Waals surface area contributed by atoms with Gasteiger partial charge in [0.15, 0.2) is 0 Å². The second-order valence-corrected chi connectivity index (χ2v) is 5.65. The van der Waals surface area contributed by atoms with Gasteiger partial charge in [0.2, 0.25) is 5.71 Å². The van der Waals surface area contributed by atoms with Crippen molar-refractivity contribution in [1.82, 2.24) is 9.55 Å². The Morgan fingerprint density at radius 3 is 2.83 bits per heavy atom. The topological polar surface area (TPSA) is 68.3 Å². The number of amides is 1. The predicted octanol–water partition coefficient (Wildman–Crippen LogP) is 2.76. The molecule has 0 saturated heterocycles. The van der Waals surface area contributed by atoms with Crippen molar-refractivity contribution in [1.29, 1.82) is 0 Å². The van der Waals surface area contributed by atoms with Crippen molar-refractivity contribution in [3.63, 3.8) is 0 Å². The summed E-state index contributed by atoms with van der Waals surface area (Å²) in [6.07, 6.45) is 1.36. The molecule has 0 atom stereocenters. The van der Waals surface area contributed by atoms with E-state index in [-0.39, 0.29) is 28.1 Å². The van der Waals surface area contributed by atoms with Gasteiger partial charge in [0.05, 0.1) is 5.56 Å². The molecule has 0 aliphatic carbocycles. The molecule has 7 heteroatoms. The summed E-state index contributed by atoms with van der Waals surface area (Å²) in [5, 5.41) is 0.708. The molecule has 3 rings (SSSR count). The van der Waals surface area contributed by atoms with Crippen LogP contribution >= 0.6 is 11.6 Å². The van der Waals surface area contributed by atoms with E-state index in [1.807, 2.05) is 0 Å². The van der Waals surface area contributed by atoms with E-state index < -0.39 is 0 Å². The van der Waals surface area contributed by atoms with Crippen molar-refractivity contribution in [2.45, 2.75) is 6.92 Å². The number of aromatic nitrogens is 2. The van der Waals surface area contributed by atoms with Crippen LogP contribution in [0.3, 0.4) is 0 Å². The third-order valence-electron chi connectivity index (χ3n) is 3.66. The highest BCUT2D eigenvalue weighted by molar-refractivity contribution is 6.31. The number of hydrogen-bond acceptors (Lipinski definition) is 4. The van der Waals surface area contributed by atoms with E-state index in [1.54, 1.807) is 45.3 Å². The fraction of sp³-hybridized carbons (Fsp3) is 0.188. The zero-order valence-corrected chi connectivity index (χ0v) is 13.6. The summed E-state index contributed by atoms with van der Waals surface area (Å²) in [4.78, 5) is 30.7. The summed E-state index contributed by atoms with van der Waals surface area (Å²) in [6, 6.07) is 6.91. The lowest BCUT2D eigenvalue weighted by Gasteiger charge is -2.17. The predicted molar refractivity (Wildman–Crippen MR) is 88.2 cm³/mol. The van der Waals surface area contributed by atoms with Crippen LogP contribution in [0.2, 0.25) is 5.02 Å². The number of benzene rings is 1. The van der Waals surface area contributed by atoms with Crippen LogP contribution in [0.5, 0.6) is 0 Å². The van der Waals surface area contributed by atoms with Gasteiger partial charge in [0.1, 0.15) is 17.5 Å². The van der Waals surface area contributed by atoms with E-state index in [4.69, 9.17) is 16.0 Å². The number of furan rings is 1. The van der Waals surface area contributed by atoms with Crippen molar-refractivity contribution < 1.29 is 9.21 Å². The number of rotatable bonds is 2. The molecule has 0 fully saturated rings. The van der Waals surface area contributed by atoms with Crippen LogP contribution in [0.15, 0.2) is 39.8 Å². The normalized spacial score (nSPS) is 11.0. The lowest BCUT2D eigenvalue weighted by Crippen LogP contribution is -2.28. The van der Waals surface area contributed by atoms with Crippen LogP contribution in [0.25, 0.3) is 11.1 Å². The number of carbonyl (C=O) groups excluding carboxylic acids is 1. The first-order valence-electron chi connectivity index (χ1n) is 6.88. The van der Waals surface area contributed by atoms with Gasteiger partial charge in [-0.2, -0.15) is 0 Å². The Hall–Kier alpha value is -2.60. The summed E-state index contributed by atoms with van der Waals surface area (Å²) in [5.41, 5.74) is 0.677. The molecule has 0 N–H and O–H groups in total. The number of halogens is 1. The average Bonchev–Trinajstić information content (AvgIpc) is 2.86. The molecular weight excluding hydrogens is 318 g/mol. The highest BCUT2D eigenvalue weighted by Gasteiger charge is 2.25. The maximum absolute atomic E-state index is 12.9. The molecule has 0 unspecified atom stereocenters. The molecule has 1 aromatic carbocycles. The highest BCUT2D eigenvalue weighted by Crippen LogP contribution is 2.25. The summed E-state index contributed by atoms with van der Waals surface area (Å²) >= 11 is 5.97. The fourth-order valence-corrected chi connectivity index (χ4v) is 2.60. The van der Waals surface area contributed by atoms with E-state index in [0.717, 1.165) is 0 Å². The molecular formula is C16H14ClN3O3. The van der Waals surface area contributed by atoms with Crippen LogP contribution in [0, 0.1) is 6.92 Å². The molecule has 0 spiro atoms. The van der Waals surface area contributed by atoms with Crippen LogP contribution in [-0.4, -0.2) is 22.5 Å². The minimum atomic E-state index is -0.353. The first kappa shape index (κ1) is 15.3. The Morgan fingerprint density at radius 1 is 1.39 bits per heavy atom. The van der Waals surface area contributed by atoms with Gasteiger partial charge in [0, 0.05) is 24.8 Å². The average molecular weight is 332 g/mol. The highest BCUT2D eigenvalue weighted by atomic mass is 35.5. The van der Waals surface area contributed by atoms with Crippen LogP contribution < -0.4 is 10.5 Å². The molecule has 6 nitrogen and oxygen atoms in total. The first-order valence-corrected chi connectivity index (χ1v) is 7.26. The van der Waals surface area contributed by atoms with Crippen LogP contribution in [0.1, 0.15) is 16.1 Å². The van der Waals surface area contributed by atoms with Crippen molar-refractivity contribution >= 4 is 34.3 Å². The van der Waals surface area contributed by atoms with Crippen molar-refractivity contribution in [3.05, 3.63) is 57.3 Å². The first-order chi connectivity index (χ1) is 10.9. The zero-order chi connectivity index (χ0) is 16.7. The van der Waals surface area contributed by atoms with Gasteiger partial charge in [-0.3, -0.25) is 9.59 Å². The van der Waals surface area contributed by atoms with Gasteiger partial charge in [0.25, 0.3) is 11.5 Å². The largest absolute Gasteiger partial charge is 0.442 e. The molecule has 2 heterocycles. The van der Waals surface area contributed by atoms with E-state index in [1.165, 1.54) is 15.8 Å². The number of nitrogens with zero attached hydrogens (tertiary/aromatic N) is 3. The zero-order valence-electron chi connectivity index (χ0n) is 12.8. The monoisotopic (exact) mass is 331 g/mol. The van der Waals surface area contributed by atoms with E-state index in [2.05, 4.69) is 4.98 Å². The van der Waals surface area contributed by atoms with Gasteiger partial charge < -0.3 is 13.9 Å². The molecule has 23 heavy (non-hydrogen) atoms. The fourth-order valence-electron chi connectivity index (χ4n) is 2.41. The van der Waals surface area contributed by atoms with Gasteiger partial charge in [-0.1, -0.05) is 17.7 Å². The Bertz CT molecular complexity index is 974. The number of hydrogen-bond donors (Lipinski definition) is 0. The second-order valence-electron chi connectivity index (χ2n) is 5.22. The van der Waals surface area contributed by atoms with Gasteiger partial charge in [-0.25, -0.2) is 4.98 Å². The Kier molecular flexibility index (Phi) is 3.69. The van der Waals surface area contributed by atoms with Gasteiger partial charge in [-0.05, 0) is 25.1 Å². The minimum absolute atomic E-state index is 0.161. The lowest BCUT2D eigenvalue weighted by molar-refractivity contribution is 0.0993. The third kappa shape index (κ3) is 2.51. The Morgan fingerprint density at radius 2 is 2.13 bits per heavy atom.